The fraction of sp³-hybridized carbons (Fsp3) is 0.893. The van der Waals surface area contributed by atoms with E-state index in [1.807, 2.05) is 13.8 Å². The van der Waals surface area contributed by atoms with E-state index >= 15 is 0 Å². The highest BCUT2D eigenvalue weighted by Gasteiger charge is 2.69. The van der Waals surface area contributed by atoms with Gasteiger partial charge in [0.2, 0.25) is 0 Å². The SMILES string of the molecule is CC(C)(O)[C@H](CO)C[C@@H](O)[C@](C)(O)C1CC[C@@]2(O)C3=CC(=O)[C@@H]4C[C@@H](O)[C@@H](O)C[C@]4(C)C3CC[C@]12C. The molecular formula is C28H46O8. The number of allylic oxidation sites excluding steroid dienone is 1. The normalized spacial score (nSPS) is 46.2. The molecule has 206 valence electrons. The molecular weight excluding hydrogens is 464 g/mol. The van der Waals surface area contributed by atoms with E-state index in [0.29, 0.717) is 37.7 Å². The second kappa shape index (κ2) is 8.83. The van der Waals surface area contributed by atoms with Crippen LogP contribution in [-0.4, -0.2) is 83.3 Å². The summed E-state index contributed by atoms with van der Waals surface area (Å²) in [5.41, 5.74) is -4.89. The maximum Gasteiger partial charge on any atom is 0.159 e. The summed E-state index contributed by atoms with van der Waals surface area (Å²) in [6, 6.07) is 0. The predicted octanol–water partition coefficient (Wildman–Crippen LogP) is 1.07. The number of hydrogen-bond acceptors (Lipinski definition) is 8. The van der Waals surface area contributed by atoms with Gasteiger partial charge >= 0.3 is 0 Å². The first-order valence-corrected chi connectivity index (χ1v) is 13.5. The minimum absolute atomic E-state index is 0.00177. The molecule has 8 nitrogen and oxygen atoms in total. The monoisotopic (exact) mass is 510 g/mol. The third kappa shape index (κ3) is 3.94. The molecule has 4 aliphatic rings. The van der Waals surface area contributed by atoms with E-state index in [2.05, 4.69) is 0 Å². The molecule has 7 N–H and O–H groups in total. The molecule has 0 spiro atoms. The molecule has 0 aromatic rings. The Hall–Kier alpha value is -0.870. The van der Waals surface area contributed by atoms with Crippen LogP contribution >= 0.6 is 0 Å². The number of carbonyl (C=O) groups excluding carboxylic acids is 1. The molecule has 36 heavy (non-hydrogen) atoms. The highest BCUT2D eigenvalue weighted by Crippen LogP contribution is 2.68. The maximum atomic E-state index is 13.3. The van der Waals surface area contributed by atoms with Crippen molar-refractivity contribution in [3.8, 4) is 0 Å². The van der Waals surface area contributed by atoms with Crippen LogP contribution in [-0.2, 0) is 4.79 Å². The van der Waals surface area contributed by atoms with Gasteiger partial charge in [0.25, 0.3) is 0 Å². The Balaban J connectivity index is 1.66. The van der Waals surface area contributed by atoms with Gasteiger partial charge in [-0.25, -0.2) is 0 Å². The lowest BCUT2D eigenvalue weighted by atomic mass is 9.45. The Morgan fingerprint density at radius 2 is 1.69 bits per heavy atom. The molecule has 0 amide bonds. The van der Waals surface area contributed by atoms with Gasteiger partial charge in [0.05, 0.1) is 35.1 Å². The third-order valence-corrected chi connectivity index (χ3v) is 11.2. The van der Waals surface area contributed by atoms with Crippen molar-refractivity contribution in [3.05, 3.63) is 11.6 Å². The molecule has 8 heteroatoms. The van der Waals surface area contributed by atoms with Gasteiger partial charge in [-0.1, -0.05) is 13.8 Å². The highest BCUT2D eigenvalue weighted by molar-refractivity contribution is 5.95. The minimum Gasteiger partial charge on any atom is -0.396 e. The highest BCUT2D eigenvalue weighted by atomic mass is 16.3. The average molecular weight is 511 g/mol. The van der Waals surface area contributed by atoms with Crippen LogP contribution in [0.3, 0.4) is 0 Å². The van der Waals surface area contributed by atoms with Crippen LogP contribution in [0.15, 0.2) is 11.6 Å². The lowest BCUT2D eigenvalue weighted by Crippen LogP contribution is -2.63. The molecule has 0 aromatic heterocycles. The van der Waals surface area contributed by atoms with E-state index in [4.69, 9.17) is 0 Å². The summed E-state index contributed by atoms with van der Waals surface area (Å²) < 4.78 is 0. The Morgan fingerprint density at radius 1 is 1.06 bits per heavy atom. The Bertz CT molecular complexity index is 908. The van der Waals surface area contributed by atoms with Crippen molar-refractivity contribution in [3.63, 3.8) is 0 Å². The number of aliphatic hydroxyl groups excluding tert-OH is 4. The van der Waals surface area contributed by atoms with Crippen molar-refractivity contribution in [2.75, 3.05) is 6.61 Å². The zero-order chi connectivity index (χ0) is 27.1. The molecule has 0 heterocycles. The molecule has 0 radical (unpaired) electrons. The van der Waals surface area contributed by atoms with E-state index in [-0.39, 0.29) is 31.1 Å². The largest absolute Gasteiger partial charge is 0.396 e. The van der Waals surface area contributed by atoms with Crippen LogP contribution in [0.4, 0.5) is 0 Å². The molecule has 4 aliphatic carbocycles. The molecule has 3 fully saturated rings. The summed E-state index contributed by atoms with van der Waals surface area (Å²) >= 11 is 0. The second-order valence-electron chi connectivity index (χ2n) is 13.6. The predicted molar refractivity (Wildman–Crippen MR) is 133 cm³/mol. The molecule has 2 unspecified atom stereocenters. The fourth-order valence-electron chi connectivity index (χ4n) is 8.63. The van der Waals surface area contributed by atoms with E-state index in [9.17, 15) is 40.5 Å². The lowest BCUT2D eigenvalue weighted by Gasteiger charge is -2.60. The van der Waals surface area contributed by atoms with Crippen LogP contribution in [0, 0.1) is 34.5 Å². The Kier molecular flexibility index (Phi) is 6.90. The average Bonchev–Trinajstić information content (AvgIpc) is 3.05. The van der Waals surface area contributed by atoms with Gasteiger partial charge in [-0.15, -0.1) is 0 Å². The summed E-state index contributed by atoms with van der Waals surface area (Å²) in [6.07, 6.45) is 1.02. The molecule has 4 rings (SSSR count). The number of rotatable bonds is 6. The van der Waals surface area contributed by atoms with Crippen molar-refractivity contribution >= 4 is 5.78 Å². The van der Waals surface area contributed by atoms with Crippen LogP contribution < -0.4 is 0 Å². The van der Waals surface area contributed by atoms with Gasteiger partial charge in [-0.2, -0.15) is 0 Å². The number of aliphatic hydroxyl groups is 7. The van der Waals surface area contributed by atoms with E-state index in [1.165, 1.54) is 0 Å². The summed E-state index contributed by atoms with van der Waals surface area (Å²) in [5, 5.41) is 76.0. The number of hydrogen-bond donors (Lipinski definition) is 7. The number of fused-ring (bicyclic) bond motifs is 5. The zero-order valence-corrected chi connectivity index (χ0v) is 22.3. The quantitative estimate of drug-likeness (QED) is 0.280. The van der Waals surface area contributed by atoms with E-state index < -0.39 is 63.7 Å². The summed E-state index contributed by atoms with van der Waals surface area (Å²) in [6.45, 7) is 8.29. The van der Waals surface area contributed by atoms with Crippen LogP contribution in [0.5, 0.6) is 0 Å². The van der Waals surface area contributed by atoms with Gasteiger partial charge in [0.15, 0.2) is 5.78 Å². The van der Waals surface area contributed by atoms with Gasteiger partial charge in [-0.3, -0.25) is 4.79 Å². The van der Waals surface area contributed by atoms with Crippen molar-refractivity contribution in [2.45, 2.75) is 115 Å². The lowest BCUT2D eigenvalue weighted by molar-refractivity contribution is -0.180. The van der Waals surface area contributed by atoms with Crippen molar-refractivity contribution < 1.29 is 40.5 Å². The number of carbonyl (C=O) groups is 1. The third-order valence-electron chi connectivity index (χ3n) is 11.2. The standard InChI is InChI=1S/C28H46O8/c1-24(2,34)15(14-29)10-23(33)27(5,35)22-7-9-28(36)17-11-19(30)18-12-20(31)21(32)13-25(18,3)16(17)6-8-26(22,28)4/h11,15-16,18,20-23,29,31-36H,6-10,12-14H2,1-5H3/t15-,16?,18-,20+,21-,22?,23+,25+,26+,27+,28+/m0/s1. The zero-order valence-electron chi connectivity index (χ0n) is 22.3. The first-order valence-electron chi connectivity index (χ1n) is 13.5. The number of ketones is 1. The Morgan fingerprint density at radius 3 is 2.28 bits per heavy atom. The molecule has 0 saturated heterocycles. The second-order valence-corrected chi connectivity index (χ2v) is 13.6. The van der Waals surface area contributed by atoms with Crippen molar-refractivity contribution in [2.24, 2.45) is 34.5 Å². The van der Waals surface area contributed by atoms with Crippen LogP contribution in [0.25, 0.3) is 0 Å². The van der Waals surface area contributed by atoms with Crippen molar-refractivity contribution in [1.29, 1.82) is 0 Å². The molecule has 0 aliphatic heterocycles. The van der Waals surface area contributed by atoms with E-state index in [0.717, 1.165) is 0 Å². The van der Waals surface area contributed by atoms with E-state index in [1.54, 1.807) is 26.8 Å². The van der Waals surface area contributed by atoms with Gasteiger partial charge in [0, 0.05) is 23.9 Å². The van der Waals surface area contributed by atoms with Crippen LogP contribution in [0.2, 0.25) is 0 Å². The van der Waals surface area contributed by atoms with Crippen molar-refractivity contribution in [1.82, 2.24) is 0 Å². The van der Waals surface area contributed by atoms with Gasteiger partial charge in [0.1, 0.15) is 0 Å². The molecule has 0 bridgehead atoms. The summed E-state index contributed by atoms with van der Waals surface area (Å²) in [7, 11) is 0. The topological polar surface area (TPSA) is 159 Å². The van der Waals surface area contributed by atoms with Crippen LogP contribution in [0.1, 0.15) is 79.6 Å². The molecule has 0 aromatic carbocycles. The maximum absolute atomic E-state index is 13.3. The first kappa shape index (κ1) is 28.1. The minimum atomic E-state index is -1.60. The van der Waals surface area contributed by atoms with Gasteiger partial charge < -0.3 is 35.7 Å². The summed E-state index contributed by atoms with van der Waals surface area (Å²) in [5.74, 6) is -1.77. The fourth-order valence-corrected chi connectivity index (χ4v) is 8.63. The smallest absolute Gasteiger partial charge is 0.159 e. The van der Waals surface area contributed by atoms with Gasteiger partial charge in [-0.05, 0) is 94.6 Å². The first-order chi connectivity index (χ1) is 16.4. The molecule has 3 saturated carbocycles. The molecule has 11 atom stereocenters. The Labute approximate surface area is 214 Å². The summed E-state index contributed by atoms with van der Waals surface area (Å²) in [4.78, 5) is 13.3.